The van der Waals surface area contributed by atoms with Crippen molar-refractivity contribution in [3.05, 3.63) is 78.9 Å². The highest BCUT2D eigenvalue weighted by Crippen LogP contribution is 2.33. The average Bonchev–Trinajstić information content (AvgIpc) is 3.15. The predicted octanol–water partition coefficient (Wildman–Crippen LogP) is 2.63. The number of carbonyl (C=O) groups excluding carboxylic acids is 1. The molecule has 1 N–H and O–H groups in total. The van der Waals surface area contributed by atoms with Crippen molar-refractivity contribution in [2.45, 2.75) is 19.9 Å². The van der Waals surface area contributed by atoms with Crippen molar-refractivity contribution in [1.29, 1.82) is 0 Å². The van der Waals surface area contributed by atoms with E-state index in [9.17, 15) is 14.7 Å². The minimum absolute atomic E-state index is 0.0111. The lowest BCUT2D eigenvalue weighted by molar-refractivity contribution is -0.138. The summed E-state index contributed by atoms with van der Waals surface area (Å²) in [6.07, 6.45) is 1.70. The van der Waals surface area contributed by atoms with E-state index in [0.717, 1.165) is 5.56 Å². The molecule has 0 fully saturated rings. The molecule has 1 atom stereocenters. The van der Waals surface area contributed by atoms with Gasteiger partial charge in [-0.1, -0.05) is 29.5 Å². The molecule has 1 aliphatic heterocycles. The second-order valence-electron chi connectivity index (χ2n) is 7.49. The molecule has 0 unspecified atom stereocenters. The number of benzene rings is 2. The maximum Gasteiger partial charge on any atom is 0.338 e. The van der Waals surface area contributed by atoms with Gasteiger partial charge in [0.05, 0.1) is 30.9 Å². The van der Waals surface area contributed by atoms with Crippen LogP contribution in [-0.4, -0.2) is 36.5 Å². The number of esters is 1. The Morgan fingerprint density at radius 2 is 1.91 bits per heavy atom. The Balaban J connectivity index is 1.91. The van der Waals surface area contributed by atoms with Crippen molar-refractivity contribution in [2.24, 2.45) is 4.99 Å². The fraction of sp³-hybridized carbons (Fsp3) is 0.240. The van der Waals surface area contributed by atoms with Crippen LogP contribution in [0.15, 0.2) is 57.8 Å². The van der Waals surface area contributed by atoms with Gasteiger partial charge >= 0.3 is 5.97 Å². The lowest BCUT2D eigenvalue weighted by Gasteiger charge is -2.22. The van der Waals surface area contributed by atoms with Crippen LogP contribution in [0.5, 0.6) is 17.2 Å². The second-order valence-corrected chi connectivity index (χ2v) is 8.50. The summed E-state index contributed by atoms with van der Waals surface area (Å²) in [5.74, 6) is 0.492. The molecular formula is C25H24N2O6S. The highest BCUT2D eigenvalue weighted by atomic mass is 32.1. The first-order chi connectivity index (χ1) is 16.4. The van der Waals surface area contributed by atoms with E-state index in [-0.39, 0.29) is 17.9 Å². The fourth-order valence-electron chi connectivity index (χ4n) is 3.78. The minimum atomic E-state index is -0.621. The number of thiazole rings is 1. The molecule has 0 aliphatic carbocycles. The van der Waals surface area contributed by atoms with Crippen molar-refractivity contribution in [3.8, 4) is 17.2 Å². The van der Waals surface area contributed by atoms with Crippen molar-refractivity contribution in [1.82, 2.24) is 4.57 Å². The SMILES string of the molecule is CCOC(=O)C1=C(C)n2c(s/c(=C\c3ccc(O)c(OC)c3)c2=O)=N[C@H]1c1ccc(OC)cc1. The van der Waals surface area contributed by atoms with E-state index in [1.54, 1.807) is 51.3 Å². The summed E-state index contributed by atoms with van der Waals surface area (Å²) in [7, 11) is 3.04. The number of fused-ring (bicyclic) bond motifs is 1. The molecular weight excluding hydrogens is 456 g/mol. The Hall–Kier alpha value is -3.85. The summed E-state index contributed by atoms with van der Waals surface area (Å²) >= 11 is 1.23. The van der Waals surface area contributed by atoms with Gasteiger partial charge in [-0.3, -0.25) is 9.36 Å². The first-order valence-corrected chi connectivity index (χ1v) is 11.4. The number of rotatable bonds is 6. The van der Waals surface area contributed by atoms with Crippen molar-refractivity contribution >= 4 is 29.1 Å². The first-order valence-electron chi connectivity index (χ1n) is 10.6. The summed E-state index contributed by atoms with van der Waals surface area (Å²) in [6, 6.07) is 11.5. The molecule has 0 amide bonds. The van der Waals surface area contributed by atoms with Crippen LogP contribution >= 0.6 is 11.3 Å². The standard InChI is InChI=1S/C25H24N2O6S/c1-5-33-24(30)21-14(2)27-23(29)20(13-15-6-11-18(28)19(12-15)32-4)34-25(27)26-22(21)16-7-9-17(31-3)10-8-16/h6-13,22,28H,5H2,1-4H3/b20-13-/t22-/m0/s1. The van der Waals surface area contributed by atoms with Gasteiger partial charge in [-0.25, -0.2) is 9.79 Å². The lowest BCUT2D eigenvalue weighted by Crippen LogP contribution is -2.35. The van der Waals surface area contributed by atoms with Crippen LogP contribution in [0.25, 0.3) is 11.8 Å². The highest BCUT2D eigenvalue weighted by molar-refractivity contribution is 7.07. The Kier molecular flexibility index (Phi) is 6.56. The Morgan fingerprint density at radius 3 is 2.56 bits per heavy atom. The van der Waals surface area contributed by atoms with E-state index in [0.29, 0.717) is 37.7 Å². The predicted molar refractivity (Wildman–Crippen MR) is 129 cm³/mol. The molecule has 0 bridgehead atoms. The number of aromatic nitrogens is 1. The van der Waals surface area contributed by atoms with E-state index < -0.39 is 12.0 Å². The van der Waals surface area contributed by atoms with Crippen LogP contribution in [-0.2, 0) is 9.53 Å². The van der Waals surface area contributed by atoms with Crippen molar-refractivity contribution < 1.29 is 24.1 Å². The fourth-order valence-corrected chi connectivity index (χ4v) is 4.82. The summed E-state index contributed by atoms with van der Waals surface area (Å²) in [5.41, 5.74) is 1.97. The number of carbonyl (C=O) groups is 1. The summed E-state index contributed by atoms with van der Waals surface area (Å²) in [4.78, 5) is 31.5. The maximum atomic E-state index is 13.3. The van der Waals surface area contributed by atoms with Gasteiger partial charge in [-0.05, 0) is 55.3 Å². The van der Waals surface area contributed by atoms with Gasteiger partial charge in [-0.2, -0.15) is 0 Å². The van der Waals surface area contributed by atoms with Gasteiger partial charge in [0.15, 0.2) is 16.3 Å². The number of ether oxygens (including phenoxy) is 3. The summed E-state index contributed by atoms with van der Waals surface area (Å²) in [5, 5.41) is 9.84. The highest BCUT2D eigenvalue weighted by Gasteiger charge is 2.31. The normalized spacial score (nSPS) is 15.5. The van der Waals surface area contributed by atoms with E-state index >= 15 is 0 Å². The van der Waals surface area contributed by atoms with Crippen LogP contribution < -0.4 is 24.4 Å². The number of hydrogen-bond donors (Lipinski definition) is 1. The Labute approximate surface area is 199 Å². The largest absolute Gasteiger partial charge is 0.504 e. The molecule has 1 aromatic heterocycles. The lowest BCUT2D eigenvalue weighted by atomic mass is 9.96. The maximum absolute atomic E-state index is 13.3. The van der Waals surface area contributed by atoms with Crippen molar-refractivity contribution in [3.63, 3.8) is 0 Å². The summed E-state index contributed by atoms with van der Waals surface area (Å²) < 4.78 is 17.6. The van der Waals surface area contributed by atoms with Crippen LogP contribution in [0.2, 0.25) is 0 Å². The molecule has 9 heteroatoms. The zero-order valence-corrected chi connectivity index (χ0v) is 20.0. The Morgan fingerprint density at radius 1 is 1.18 bits per heavy atom. The topological polar surface area (TPSA) is 99.3 Å². The number of nitrogens with zero attached hydrogens (tertiary/aromatic N) is 2. The summed E-state index contributed by atoms with van der Waals surface area (Å²) in [6.45, 7) is 3.66. The molecule has 2 aromatic carbocycles. The van der Waals surface area contributed by atoms with Gasteiger partial charge < -0.3 is 19.3 Å². The first kappa shape index (κ1) is 23.3. The van der Waals surface area contributed by atoms with Gasteiger partial charge in [0.25, 0.3) is 5.56 Å². The van der Waals surface area contributed by atoms with E-state index in [2.05, 4.69) is 0 Å². The smallest absolute Gasteiger partial charge is 0.338 e. The molecule has 0 saturated carbocycles. The van der Waals surface area contributed by atoms with Crippen LogP contribution in [0.3, 0.4) is 0 Å². The third-order valence-electron chi connectivity index (χ3n) is 5.47. The van der Waals surface area contributed by atoms with Crippen LogP contribution in [0.4, 0.5) is 0 Å². The molecule has 8 nitrogen and oxygen atoms in total. The van der Waals surface area contributed by atoms with Crippen LogP contribution in [0, 0.1) is 0 Å². The molecule has 34 heavy (non-hydrogen) atoms. The molecule has 0 spiro atoms. The molecule has 2 heterocycles. The number of methoxy groups -OCH3 is 2. The number of phenols is 1. The number of phenolic OH excluding ortho intramolecular Hbond substituents is 1. The van der Waals surface area contributed by atoms with Gasteiger partial charge in [0.2, 0.25) is 0 Å². The van der Waals surface area contributed by atoms with Gasteiger partial charge in [0, 0.05) is 5.70 Å². The number of aromatic hydroxyl groups is 1. The van der Waals surface area contributed by atoms with Crippen molar-refractivity contribution in [2.75, 3.05) is 20.8 Å². The van der Waals surface area contributed by atoms with Crippen LogP contribution in [0.1, 0.15) is 31.0 Å². The third kappa shape index (κ3) is 4.22. The minimum Gasteiger partial charge on any atom is -0.504 e. The molecule has 3 aromatic rings. The third-order valence-corrected chi connectivity index (χ3v) is 6.46. The van der Waals surface area contributed by atoms with E-state index in [1.165, 1.54) is 29.1 Å². The monoisotopic (exact) mass is 480 g/mol. The zero-order valence-electron chi connectivity index (χ0n) is 19.2. The zero-order chi connectivity index (χ0) is 24.4. The number of allylic oxidation sites excluding steroid dienone is 1. The van der Waals surface area contributed by atoms with E-state index in [1.807, 2.05) is 12.1 Å². The average molecular weight is 481 g/mol. The molecule has 176 valence electrons. The van der Waals surface area contributed by atoms with Gasteiger partial charge in [-0.15, -0.1) is 0 Å². The van der Waals surface area contributed by atoms with Gasteiger partial charge in [0.1, 0.15) is 11.8 Å². The molecule has 4 rings (SSSR count). The number of hydrogen-bond acceptors (Lipinski definition) is 8. The Bertz CT molecular complexity index is 1450. The molecule has 0 radical (unpaired) electrons. The van der Waals surface area contributed by atoms with E-state index in [4.69, 9.17) is 19.2 Å². The second kappa shape index (κ2) is 9.56. The molecule has 0 saturated heterocycles. The molecule has 1 aliphatic rings. The quantitative estimate of drug-likeness (QED) is 0.545.